The molecule has 0 saturated heterocycles. The lowest BCUT2D eigenvalue weighted by Gasteiger charge is -2.21. The highest BCUT2D eigenvalue weighted by Crippen LogP contribution is 2.46. The van der Waals surface area contributed by atoms with E-state index < -0.39 is 35.3 Å². The quantitative estimate of drug-likeness (QED) is 0.424. The first kappa shape index (κ1) is 21.7. The van der Waals surface area contributed by atoms with Crippen molar-refractivity contribution in [2.24, 2.45) is 0 Å². The van der Waals surface area contributed by atoms with E-state index in [9.17, 15) is 18.1 Å². The zero-order chi connectivity index (χ0) is 21.7. The maximum atomic E-state index is 14.8. The van der Waals surface area contributed by atoms with Gasteiger partial charge in [0.05, 0.1) is 10.8 Å². The van der Waals surface area contributed by atoms with Crippen LogP contribution in [-0.2, 0) is 0 Å². The van der Waals surface area contributed by atoms with E-state index in [-0.39, 0.29) is 11.3 Å². The fourth-order valence-electron chi connectivity index (χ4n) is 2.91. The minimum absolute atomic E-state index is 0.0374. The van der Waals surface area contributed by atoms with Gasteiger partial charge in [-0.2, -0.15) is 0 Å². The molecule has 1 amide bonds. The Hall–Kier alpha value is -3.04. The lowest BCUT2D eigenvalue weighted by molar-refractivity contribution is -0.0122. The maximum Gasteiger partial charge on any atom is 0.271 e. The number of pyridine rings is 1. The molecule has 0 spiro atoms. The van der Waals surface area contributed by atoms with Crippen molar-refractivity contribution in [3.05, 3.63) is 88.7 Å². The molecule has 0 bridgehead atoms. The van der Waals surface area contributed by atoms with Gasteiger partial charge in [-0.15, -0.1) is 11.8 Å². The zero-order valence-corrected chi connectivity index (χ0v) is 16.6. The summed E-state index contributed by atoms with van der Waals surface area (Å²) in [6.45, 7) is 1.11. The fourth-order valence-corrected chi connectivity index (χ4v) is 4.21. The molecule has 1 atom stereocenters. The number of thioether (sulfide) groups is 1. The van der Waals surface area contributed by atoms with Gasteiger partial charge in [0.15, 0.2) is 5.82 Å². The largest absolute Gasteiger partial charge is 0.376 e. The van der Waals surface area contributed by atoms with Gasteiger partial charge >= 0.3 is 0 Å². The van der Waals surface area contributed by atoms with Crippen LogP contribution in [0.1, 0.15) is 32.4 Å². The summed E-state index contributed by atoms with van der Waals surface area (Å²) in [6, 6.07) is 12.0. The number of carbonyl (C=O) groups is 1. The summed E-state index contributed by atoms with van der Waals surface area (Å²) in [4.78, 5) is 20.4. The number of nitrogens with zero attached hydrogens (tertiary/aromatic N) is 1. The molecular weight excluding hydrogens is 417 g/mol. The van der Waals surface area contributed by atoms with Crippen molar-refractivity contribution in [2.75, 3.05) is 6.73 Å². The second kappa shape index (κ2) is 9.64. The molecule has 0 aliphatic heterocycles. The summed E-state index contributed by atoms with van der Waals surface area (Å²) in [6.07, 6.45) is 1.34. The molecule has 30 heavy (non-hydrogen) atoms. The van der Waals surface area contributed by atoms with E-state index >= 15 is 0 Å². The number of halogens is 3. The molecule has 1 heterocycles. The van der Waals surface area contributed by atoms with Crippen LogP contribution in [0.5, 0.6) is 5.75 Å². The van der Waals surface area contributed by atoms with Crippen molar-refractivity contribution in [1.29, 1.82) is 0 Å². The van der Waals surface area contributed by atoms with E-state index in [2.05, 4.69) is 15.2 Å². The normalized spacial score (nSPS) is 11.8. The molecule has 2 aromatic carbocycles. The molecule has 0 radical (unpaired) electrons. The van der Waals surface area contributed by atoms with Gasteiger partial charge < -0.3 is 10.4 Å². The standard InChI is InChI=1S/C21H17F3N2O3S/c1-12-9-17(21(28)26-11-27)25-10-14(12)20(30-13-5-3-2-4-6-13)18-15(22)7-8-16(23)19(18)29-24/h2-10,20,27H,11H2,1H3,(H,26,28). The number of aryl methyl sites for hydroxylation is 1. The molecule has 0 aliphatic rings. The van der Waals surface area contributed by atoms with Crippen LogP contribution in [0.4, 0.5) is 13.3 Å². The Labute approximate surface area is 174 Å². The highest BCUT2D eigenvalue weighted by atomic mass is 32.2. The van der Waals surface area contributed by atoms with E-state index in [1.807, 2.05) is 0 Å². The Balaban J connectivity index is 2.15. The summed E-state index contributed by atoms with van der Waals surface area (Å²) in [5.74, 6) is -3.33. The molecule has 1 unspecified atom stereocenters. The van der Waals surface area contributed by atoms with E-state index in [0.717, 1.165) is 28.8 Å². The third-order valence-corrected chi connectivity index (χ3v) is 5.61. The first-order valence-electron chi connectivity index (χ1n) is 8.80. The summed E-state index contributed by atoms with van der Waals surface area (Å²) in [7, 11) is 0. The van der Waals surface area contributed by atoms with Crippen molar-refractivity contribution in [2.45, 2.75) is 17.1 Å². The fraction of sp³-hybridized carbons (Fsp3) is 0.143. The average Bonchev–Trinajstić information content (AvgIpc) is 2.75. The Morgan fingerprint density at radius 2 is 1.90 bits per heavy atom. The predicted molar refractivity (Wildman–Crippen MR) is 106 cm³/mol. The van der Waals surface area contributed by atoms with Crippen molar-refractivity contribution < 1.29 is 28.1 Å². The molecule has 3 rings (SSSR count). The second-order valence-corrected chi connectivity index (χ2v) is 7.43. The Morgan fingerprint density at radius 1 is 1.20 bits per heavy atom. The topological polar surface area (TPSA) is 71.5 Å². The van der Waals surface area contributed by atoms with Crippen LogP contribution in [0.25, 0.3) is 0 Å². The number of rotatable bonds is 7. The Morgan fingerprint density at radius 3 is 2.53 bits per heavy atom. The van der Waals surface area contributed by atoms with Crippen LogP contribution in [0.3, 0.4) is 0 Å². The smallest absolute Gasteiger partial charge is 0.271 e. The number of hydrogen-bond donors (Lipinski definition) is 2. The predicted octanol–water partition coefficient (Wildman–Crippen LogP) is 4.49. The number of amides is 1. The van der Waals surface area contributed by atoms with Crippen LogP contribution >= 0.6 is 11.8 Å². The van der Waals surface area contributed by atoms with Gasteiger partial charge in [0.2, 0.25) is 5.75 Å². The Kier molecular flexibility index (Phi) is 6.96. The number of hydrogen-bond acceptors (Lipinski definition) is 5. The van der Waals surface area contributed by atoms with Gasteiger partial charge in [0, 0.05) is 15.6 Å². The van der Waals surface area contributed by atoms with Crippen LogP contribution in [-0.4, -0.2) is 22.7 Å². The highest BCUT2D eigenvalue weighted by Gasteiger charge is 2.29. The van der Waals surface area contributed by atoms with Crippen molar-refractivity contribution in [3.63, 3.8) is 0 Å². The molecule has 5 nitrogen and oxygen atoms in total. The van der Waals surface area contributed by atoms with Crippen LogP contribution in [0, 0.1) is 18.6 Å². The molecule has 0 aliphatic carbocycles. The van der Waals surface area contributed by atoms with Crippen molar-refractivity contribution in [3.8, 4) is 5.75 Å². The third kappa shape index (κ3) is 4.58. The monoisotopic (exact) mass is 434 g/mol. The summed E-state index contributed by atoms with van der Waals surface area (Å²) < 4.78 is 42.1. The third-order valence-electron chi connectivity index (χ3n) is 4.34. The second-order valence-electron chi connectivity index (χ2n) is 6.25. The van der Waals surface area contributed by atoms with Crippen LogP contribution in [0.2, 0.25) is 0 Å². The van der Waals surface area contributed by atoms with Crippen molar-refractivity contribution in [1.82, 2.24) is 10.3 Å². The minimum atomic E-state index is -1.04. The molecule has 2 N–H and O–H groups in total. The van der Waals surface area contributed by atoms with Gasteiger partial charge in [0.25, 0.3) is 5.91 Å². The van der Waals surface area contributed by atoms with Gasteiger partial charge in [0.1, 0.15) is 18.2 Å². The first-order chi connectivity index (χ1) is 14.5. The highest BCUT2D eigenvalue weighted by molar-refractivity contribution is 7.99. The summed E-state index contributed by atoms with van der Waals surface area (Å²) in [5, 5.41) is 10.1. The molecule has 0 saturated carbocycles. The molecule has 156 valence electrons. The van der Waals surface area contributed by atoms with Gasteiger partial charge in [-0.05, 0) is 48.4 Å². The number of aliphatic hydroxyl groups excluding tert-OH is 1. The Bertz CT molecular complexity index is 1050. The van der Waals surface area contributed by atoms with E-state index in [0.29, 0.717) is 11.1 Å². The van der Waals surface area contributed by atoms with Gasteiger partial charge in [-0.3, -0.25) is 14.7 Å². The summed E-state index contributed by atoms with van der Waals surface area (Å²) >= 11 is 1.15. The SMILES string of the molecule is Cc1cc(C(=O)NCO)ncc1C(Sc1ccccc1)c1c(F)ccc(F)c1OF. The van der Waals surface area contributed by atoms with Crippen LogP contribution in [0.15, 0.2) is 59.6 Å². The van der Waals surface area contributed by atoms with Crippen molar-refractivity contribution >= 4 is 17.7 Å². The van der Waals surface area contributed by atoms with E-state index in [4.69, 9.17) is 5.11 Å². The molecule has 1 aromatic heterocycles. The number of carbonyl (C=O) groups excluding carboxylic acids is 1. The molecular formula is C21H17F3N2O3S. The van der Waals surface area contributed by atoms with E-state index in [1.54, 1.807) is 37.3 Å². The zero-order valence-electron chi connectivity index (χ0n) is 15.7. The molecule has 0 fully saturated rings. The number of nitrogens with one attached hydrogen (secondary N) is 1. The number of aromatic nitrogens is 1. The van der Waals surface area contributed by atoms with Crippen LogP contribution < -0.4 is 10.3 Å². The minimum Gasteiger partial charge on any atom is -0.376 e. The summed E-state index contributed by atoms with van der Waals surface area (Å²) in [5.41, 5.74) is 0.696. The van der Waals surface area contributed by atoms with Gasteiger partial charge in [-0.25, -0.2) is 8.78 Å². The van der Waals surface area contributed by atoms with E-state index in [1.165, 1.54) is 12.3 Å². The number of benzene rings is 2. The molecule has 9 heteroatoms. The first-order valence-corrected chi connectivity index (χ1v) is 9.68. The number of aliphatic hydroxyl groups is 1. The molecule has 3 aromatic rings. The lowest BCUT2D eigenvalue weighted by Crippen LogP contribution is -2.25. The average molecular weight is 434 g/mol. The maximum absolute atomic E-state index is 14.8. The lowest BCUT2D eigenvalue weighted by atomic mass is 9.99. The van der Waals surface area contributed by atoms with Gasteiger partial charge in [-0.1, -0.05) is 18.2 Å².